The summed E-state index contributed by atoms with van der Waals surface area (Å²) in [6.45, 7) is 0.746. The molecule has 0 unspecified atom stereocenters. The van der Waals surface area contributed by atoms with Gasteiger partial charge >= 0.3 is 5.97 Å². The Morgan fingerprint density at radius 2 is 1.89 bits per heavy atom. The fraction of sp³-hybridized carbons (Fsp3) is 0.526. The lowest BCUT2D eigenvalue weighted by Gasteiger charge is -2.45. The number of hydrogen-bond donors (Lipinski definition) is 1. The minimum absolute atomic E-state index is 0.00406. The van der Waals surface area contributed by atoms with E-state index in [-0.39, 0.29) is 24.7 Å². The van der Waals surface area contributed by atoms with E-state index in [0.29, 0.717) is 37.9 Å². The molecule has 6 nitrogen and oxygen atoms in total. The first-order chi connectivity index (χ1) is 12.7. The summed E-state index contributed by atoms with van der Waals surface area (Å²) >= 11 is 0. The van der Waals surface area contributed by atoms with E-state index in [1.807, 2.05) is 0 Å². The second kappa shape index (κ2) is 7.25. The molecule has 1 aromatic rings. The first-order valence-corrected chi connectivity index (χ1v) is 8.96. The summed E-state index contributed by atoms with van der Waals surface area (Å²) < 4.78 is 26.2. The van der Waals surface area contributed by atoms with Gasteiger partial charge in [-0.2, -0.15) is 0 Å². The predicted octanol–water partition coefficient (Wildman–Crippen LogP) is 1.82. The highest BCUT2D eigenvalue weighted by Gasteiger charge is 2.55. The lowest BCUT2D eigenvalue weighted by molar-refractivity contribution is -0.147. The minimum Gasteiger partial charge on any atom is -0.481 e. The normalized spacial score (nSPS) is 21.7. The third-order valence-corrected chi connectivity index (χ3v) is 5.96. The number of aryl methyl sites for hydroxylation is 1. The number of benzene rings is 1. The van der Waals surface area contributed by atoms with Crippen LogP contribution in [0.15, 0.2) is 18.2 Å². The van der Waals surface area contributed by atoms with Crippen LogP contribution in [0.1, 0.15) is 31.2 Å². The summed E-state index contributed by atoms with van der Waals surface area (Å²) in [4.78, 5) is 39.2. The fourth-order valence-corrected chi connectivity index (χ4v) is 4.23. The van der Waals surface area contributed by atoms with E-state index in [1.54, 1.807) is 11.9 Å². The van der Waals surface area contributed by atoms with Crippen LogP contribution < -0.4 is 0 Å². The molecule has 2 aliphatic heterocycles. The SMILES string of the molecule is CN1C(=O)C[C@@H](C(=O)O)C12CCN(C(=O)CCc1ccc(F)c(F)c1)CC2. The summed E-state index contributed by atoms with van der Waals surface area (Å²) in [5.74, 6) is -3.89. The van der Waals surface area contributed by atoms with Gasteiger partial charge in [0.2, 0.25) is 11.8 Å². The van der Waals surface area contributed by atoms with Gasteiger partial charge in [-0.05, 0) is 37.0 Å². The van der Waals surface area contributed by atoms with Crippen LogP contribution in [0, 0.1) is 17.6 Å². The zero-order valence-corrected chi connectivity index (χ0v) is 15.1. The number of nitrogens with zero attached hydrogens (tertiary/aromatic N) is 2. The molecule has 2 saturated heterocycles. The monoisotopic (exact) mass is 380 g/mol. The van der Waals surface area contributed by atoms with Crippen LogP contribution in [-0.2, 0) is 20.8 Å². The van der Waals surface area contributed by atoms with Gasteiger partial charge in [-0.15, -0.1) is 0 Å². The second-order valence-electron chi connectivity index (χ2n) is 7.28. The van der Waals surface area contributed by atoms with Gasteiger partial charge in [0.05, 0.1) is 11.5 Å². The molecular formula is C19H22F2N2O4. The number of rotatable bonds is 4. The molecule has 27 heavy (non-hydrogen) atoms. The number of carboxylic acid groups (broad SMARTS) is 1. The maximum absolute atomic E-state index is 13.2. The van der Waals surface area contributed by atoms with Gasteiger partial charge in [0.25, 0.3) is 0 Å². The molecule has 1 atom stereocenters. The van der Waals surface area contributed by atoms with Crippen LogP contribution in [0.2, 0.25) is 0 Å². The Bertz CT molecular complexity index is 775. The van der Waals surface area contributed by atoms with Crippen molar-refractivity contribution in [3.05, 3.63) is 35.4 Å². The zero-order chi connectivity index (χ0) is 19.8. The molecular weight excluding hydrogens is 358 g/mol. The first kappa shape index (κ1) is 19.3. The van der Waals surface area contributed by atoms with E-state index < -0.39 is 29.1 Å². The molecule has 1 N–H and O–H groups in total. The molecule has 8 heteroatoms. The average molecular weight is 380 g/mol. The number of halogens is 2. The number of carboxylic acids is 1. The molecule has 2 heterocycles. The number of carbonyl (C=O) groups is 3. The van der Waals surface area contributed by atoms with Crippen LogP contribution in [-0.4, -0.2) is 58.4 Å². The summed E-state index contributed by atoms with van der Waals surface area (Å²) in [6, 6.07) is 3.58. The van der Waals surface area contributed by atoms with Crippen molar-refractivity contribution < 1.29 is 28.3 Å². The first-order valence-electron chi connectivity index (χ1n) is 8.96. The fourth-order valence-electron chi connectivity index (χ4n) is 4.23. The van der Waals surface area contributed by atoms with Crippen molar-refractivity contribution in [3.8, 4) is 0 Å². The van der Waals surface area contributed by atoms with E-state index in [2.05, 4.69) is 0 Å². The van der Waals surface area contributed by atoms with Crippen LogP contribution in [0.4, 0.5) is 8.78 Å². The maximum Gasteiger partial charge on any atom is 0.309 e. The molecule has 0 bridgehead atoms. The maximum atomic E-state index is 13.2. The Labute approximate surface area is 155 Å². The number of aliphatic carboxylic acids is 1. The molecule has 1 aromatic carbocycles. The van der Waals surface area contributed by atoms with Crippen molar-refractivity contribution in [2.75, 3.05) is 20.1 Å². The van der Waals surface area contributed by atoms with E-state index >= 15 is 0 Å². The lowest BCUT2D eigenvalue weighted by Crippen LogP contribution is -2.57. The Morgan fingerprint density at radius 1 is 1.22 bits per heavy atom. The van der Waals surface area contributed by atoms with Gasteiger partial charge in [-0.1, -0.05) is 6.07 Å². The molecule has 2 aliphatic rings. The molecule has 2 amide bonds. The van der Waals surface area contributed by atoms with Crippen LogP contribution in [0.25, 0.3) is 0 Å². The number of hydrogen-bond acceptors (Lipinski definition) is 3. The van der Waals surface area contributed by atoms with Gasteiger partial charge < -0.3 is 14.9 Å². The van der Waals surface area contributed by atoms with Crippen LogP contribution in [0.5, 0.6) is 0 Å². The van der Waals surface area contributed by atoms with Crippen LogP contribution in [0.3, 0.4) is 0 Å². The third kappa shape index (κ3) is 3.52. The molecule has 0 saturated carbocycles. The highest BCUT2D eigenvalue weighted by atomic mass is 19.2. The summed E-state index contributed by atoms with van der Waals surface area (Å²) in [5, 5.41) is 9.48. The van der Waals surface area contributed by atoms with Crippen molar-refractivity contribution in [3.63, 3.8) is 0 Å². The predicted molar refractivity (Wildman–Crippen MR) is 91.7 cm³/mol. The Morgan fingerprint density at radius 3 is 2.48 bits per heavy atom. The topological polar surface area (TPSA) is 77.9 Å². The van der Waals surface area contributed by atoms with E-state index in [1.165, 1.54) is 11.0 Å². The number of amides is 2. The van der Waals surface area contributed by atoms with Gasteiger partial charge in [0, 0.05) is 33.0 Å². The van der Waals surface area contributed by atoms with Crippen molar-refractivity contribution in [2.24, 2.45) is 5.92 Å². The lowest BCUT2D eigenvalue weighted by atomic mass is 9.77. The number of piperidine rings is 1. The summed E-state index contributed by atoms with van der Waals surface area (Å²) in [7, 11) is 1.63. The largest absolute Gasteiger partial charge is 0.481 e. The average Bonchev–Trinajstić information content (AvgIpc) is 2.88. The van der Waals surface area contributed by atoms with Gasteiger partial charge in [-0.3, -0.25) is 14.4 Å². The molecule has 3 rings (SSSR count). The molecule has 0 radical (unpaired) electrons. The Kier molecular flexibility index (Phi) is 5.17. The number of likely N-dealkylation sites (tertiary alicyclic amines) is 2. The molecule has 0 aromatic heterocycles. The standard InChI is InChI=1S/C19H22F2N2O4/c1-22-17(25)11-13(18(26)27)19(22)6-8-23(9-7-19)16(24)5-3-12-2-4-14(20)15(21)10-12/h2,4,10,13H,3,5-9,11H2,1H3,(H,26,27)/t13-/m0/s1. The Hall–Kier alpha value is -2.51. The van der Waals surface area contributed by atoms with E-state index in [4.69, 9.17) is 0 Å². The second-order valence-corrected chi connectivity index (χ2v) is 7.28. The molecule has 1 spiro atoms. The quantitative estimate of drug-likeness (QED) is 0.864. The van der Waals surface area contributed by atoms with Gasteiger partial charge in [-0.25, -0.2) is 8.78 Å². The summed E-state index contributed by atoms with van der Waals surface area (Å²) in [6.07, 6.45) is 1.30. The van der Waals surface area contributed by atoms with Crippen LogP contribution >= 0.6 is 0 Å². The summed E-state index contributed by atoms with van der Waals surface area (Å²) in [5.41, 5.74) is -0.192. The van der Waals surface area contributed by atoms with Crippen molar-refractivity contribution >= 4 is 17.8 Å². The zero-order valence-electron chi connectivity index (χ0n) is 15.1. The smallest absolute Gasteiger partial charge is 0.309 e. The molecule has 2 fully saturated rings. The van der Waals surface area contributed by atoms with Gasteiger partial charge in [0.15, 0.2) is 11.6 Å². The van der Waals surface area contributed by atoms with Crippen molar-refractivity contribution in [1.82, 2.24) is 9.80 Å². The van der Waals surface area contributed by atoms with E-state index in [9.17, 15) is 28.3 Å². The molecule has 146 valence electrons. The van der Waals surface area contributed by atoms with Crippen molar-refractivity contribution in [2.45, 2.75) is 37.6 Å². The molecule has 0 aliphatic carbocycles. The van der Waals surface area contributed by atoms with Gasteiger partial charge in [0.1, 0.15) is 0 Å². The third-order valence-electron chi connectivity index (χ3n) is 5.96. The number of carbonyl (C=O) groups excluding carboxylic acids is 2. The van der Waals surface area contributed by atoms with E-state index in [0.717, 1.165) is 12.1 Å². The highest BCUT2D eigenvalue weighted by molar-refractivity contribution is 5.88. The van der Waals surface area contributed by atoms with Crippen molar-refractivity contribution in [1.29, 1.82) is 0 Å². The Balaban J connectivity index is 1.59. The highest BCUT2D eigenvalue weighted by Crippen LogP contribution is 2.42. The minimum atomic E-state index is -0.981.